The number of halogens is 1. The summed E-state index contributed by atoms with van der Waals surface area (Å²) in [6.45, 7) is 1.96. The lowest BCUT2D eigenvalue weighted by atomic mass is 9.99. The van der Waals surface area contributed by atoms with Crippen LogP contribution in [0.3, 0.4) is 0 Å². The van der Waals surface area contributed by atoms with Gasteiger partial charge in [-0.15, -0.1) is 11.8 Å². The van der Waals surface area contributed by atoms with Crippen LogP contribution in [0, 0.1) is 6.92 Å². The fraction of sp³-hybridized carbons (Fsp3) is 0.133. The fourth-order valence-corrected chi connectivity index (χ4v) is 2.79. The average molecular weight is 277 g/mol. The smallest absolute Gasteiger partial charge is 0.193 e. The maximum Gasteiger partial charge on any atom is 0.193 e. The topological polar surface area (TPSA) is 17.1 Å². The maximum atomic E-state index is 12.4. The first kappa shape index (κ1) is 13.2. The lowest BCUT2D eigenvalue weighted by Gasteiger charge is -2.10. The van der Waals surface area contributed by atoms with Gasteiger partial charge in [-0.1, -0.05) is 41.9 Å². The molecule has 92 valence electrons. The van der Waals surface area contributed by atoms with Crippen molar-refractivity contribution in [1.29, 1.82) is 0 Å². The first-order valence-electron chi connectivity index (χ1n) is 5.57. The Morgan fingerprint density at radius 3 is 2.44 bits per heavy atom. The Bertz CT molecular complexity index is 579. The molecule has 0 radical (unpaired) electrons. The molecular formula is C15H13ClOS. The molecule has 0 spiro atoms. The van der Waals surface area contributed by atoms with Crippen molar-refractivity contribution in [2.24, 2.45) is 0 Å². The monoisotopic (exact) mass is 276 g/mol. The minimum Gasteiger partial charge on any atom is -0.289 e. The minimum absolute atomic E-state index is 0.0194. The molecule has 2 rings (SSSR count). The summed E-state index contributed by atoms with van der Waals surface area (Å²) < 4.78 is 0. The molecular weight excluding hydrogens is 264 g/mol. The van der Waals surface area contributed by atoms with Gasteiger partial charge in [-0.25, -0.2) is 0 Å². The van der Waals surface area contributed by atoms with Crippen molar-refractivity contribution in [3.63, 3.8) is 0 Å². The third kappa shape index (κ3) is 2.60. The molecule has 2 aromatic rings. The summed E-state index contributed by atoms with van der Waals surface area (Å²) in [6, 6.07) is 12.9. The average Bonchev–Trinajstić information content (AvgIpc) is 2.41. The molecule has 0 bridgehead atoms. The Hall–Kier alpha value is -1.25. The molecule has 0 aromatic heterocycles. The van der Waals surface area contributed by atoms with Gasteiger partial charge in [0.05, 0.1) is 0 Å². The van der Waals surface area contributed by atoms with Gasteiger partial charge in [-0.05, 0) is 30.9 Å². The summed E-state index contributed by atoms with van der Waals surface area (Å²) in [4.78, 5) is 13.5. The van der Waals surface area contributed by atoms with E-state index in [9.17, 15) is 4.79 Å². The molecule has 0 atom stereocenters. The third-order valence-corrected chi connectivity index (χ3v) is 3.91. The molecule has 0 unspecified atom stereocenters. The minimum atomic E-state index is 0.0194. The lowest BCUT2D eigenvalue weighted by Crippen LogP contribution is -2.04. The van der Waals surface area contributed by atoms with Crippen molar-refractivity contribution in [2.45, 2.75) is 11.8 Å². The van der Waals surface area contributed by atoms with Gasteiger partial charge in [-0.2, -0.15) is 0 Å². The maximum absolute atomic E-state index is 12.4. The summed E-state index contributed by atoms with van der Waals surface area (Å²) >= 11 is 7.67. The number of thioether (sulfide) groups is 1. The van der Waals surface area contributed by atoms with Crippen molar-refractivity contribution in [1.82, 2.24) is 0 Å². The quantitative estimate of drug-likeness (QED) is 0.602. The Labute approximate surface area is 116 Å². The van der Waals surface area contributed by atoms with E-state index in [-0.39, 0.29) is 5.78 Å². The van der Waals surface area contributed by atoms with Crippen LogP contribution < -0.4 is 0 Å². The molecule has 0 aliphatic rings. The highest BCUT2D eigenvalue weighted by Gasteiger charge is 2.14. The van der Waals surface area contributed by atoms with Crippen molar-refractivity contribution < 1.29 is 4.79 Å². The summed E-state index contributed by atoms with van der Waals surface area (Å²) in [5, 5.41) is 0.601. The molecule has 18 heavy (non-hydrogen) atoms. The van der Waals surface area contributed by atoms with Crippen LogP contribution in [0.25, 0.3) is 0 Å². The normalized spacial score (nSPS) is 10.4. The first-order chi connectivity index (χ1) is 8.63. The van der Waals surface area contributed by atoms with E-state index in [4.69, 9.17) is 11.6 Å². The van der Waals surface area contributed by atoms with Crippen molar-refractivity contribution in [2.75, 3.05) is 6.26 Å². The number of carbonyl (C=O) groups excluding carboxylic acids is 1. The largest absolute Gasteiger partial charge is 0.289 e. The van der Waals surface area contributed by atoms with E-state index in [1.807, 2.05) is 49.6 Å². The second kappa shape index (κ2) is 5.59. The van der Waals surface area contributed by atoms with E-state index in [1.54, 1.807) is 17.8 Å². The molecule has 0 saturated heterocycles. The summed E-state index contributed by atoms with van der Waals surface area (Å²) in [7, 11) is 0. The molecule has 0 N–H and O–H groups in total. The summed E-state index contributed by atoms with van der Waals surface area (Å²) in [5.74, 6) is 0.0194. The highest BCUT2D eigenvalue weighted by atomic mass is 35.5. The van der Waals surface area contributed by atoms with E-state index >= 15 is 0 Å². The van der Waals surface area contributed by atoms with Crippen molar-refractivity contribution in [3.05, 3.63) is 64.2 Å². The molecule has 1 nitrogen and oxygen atoms in total. The summed E-state index contributed by atoms with van der Waals surface area (Å²) in [6.07, 6.45) is 1.98. The van der Waals surface area contributed by atoms with Crippen LogP contribution in [0.15, 0.2) is 47.4 Å². The molecule has 2 aromatic carbocycles. The van der Waals surface area contributed by atoms with Gasteiger partial charge >= 0.3 is 0 Å². The molecule has 0 aliphatic carbocycles. The third-order valence-electron chi connectivity index (χ3n) is 2.83. The van der Waals surface area contributed by atoms with E-state index in [0.29, 0.717) is 16.1 Å². The predicted octanol–water partition coefficient (Wildman–Crippen LogP) is 4.60. The number of hydrogen-bond donors (Lipinski definition) is 0. The highest BCUT2D eigenvalue weighted by molar-refractivity contribution is 7.98. The van der Waals surface area contributed by atoms with E-state index in [2.05, 4.69) is 0 Å². The number of ketones is 1. The van der Waals surface area contributed by atoms with Crippen molar-refractivity contribution >= 4 is 29.1 Å². The zero-order valence-corrected chi connectivity index (χ0v) is 11.8. The van der Waals surface area contributed by atoms with E-state index in [1.165, 1.54) is 0 Å². The molecule has 3 heteroatoms. The Morgan fingerprint density at radius 1 is 1.17 bits per heavy atom. The molecule has 0 saturated carbocycles. The van der Waals surface area contributed by atoms with Gasteiger partial charge in [0.25, 0.3) is 0 Å². The zero-order valence-electron chi connectivity index (χ0n) is 10.2. The molecule has 0 heterocycles. The van der Waals surface area contributed by atoms with Crippen molar-refractivity contribution in [3.8, 4) is 0 Å². The van der Waals surface area contributed by atoms with Crippen LogP contribution in [-0.4, -0.2) is 12.0 Å². The molecule has 0 fully saturated rings. The number of rotatable bonds is 3. The summed E-state index contributed by atoms with van der Waals surface area (Å²) in [5.41, 5.74) is 2.36. The van der Waals surface area contributed by atoms with Gasteiger partial charge in [0, 0.05) is 21.0 Å². The zero-order chi connectivity index (χ0) is 13.1. The number of carbonyl (C=O) groups is 1. The predicted molar refractivity (Wildman–Crippen MR) is 77.8 cm³/mol. The SMILES string of the molecule is CSc1cc(Cl)cc(C(=O)c2ccccc2)c1C. The fourth-order valence-electron chi connectivity index (χ4n) is 1.85. The van der Waals surface area contributed by atoms with E-state index < -0.39 is 0 Å². The molecule has 0 aliphatic heterocycles. The standard InChI is InChI=1S/C15H13ClOS/c1-10-13(8-12(16)9-14(10)18-2)15(17)11-6-4-3-5-7-11/h3-9H,1-2H3. The van der Waals surface area contributed by atoms with Crippen LogP contribution in [0.5, 0.6) is 0 Å². The van der Waals surface area contributed by atoms with Crippen LogP contribution >= 0.6 is 23.4 Å². The second-order valence-corrected chi connectivity index (χ2v) is 5.26. The van der Waals surface area contributed by atoms with Crippen LogP contribution in [0.2, 0.25) is 5.02 Å². The number of benzene rings is 2. The van der Waals surface area contributed by atoms with E-state index in [0.717, 1.165) is 10.5 Å². The Balaban J connectivity index is 2.52. The van der Waals surface area contributed by atoms with Gasteiger partial charge < -0.3 is 0 Å². The van der Waals surface area contributed by atoms with Gasteiger partial charge in [-0.3, -0.25) is 4.79 Å². The Kier molecular flexibility index (Phi) is 4.10. The first-order valence-corrected chi connectivity index (χ1v) is 7.17. The van der Waals surface area contributed by atoms with Gasteiger partial charge in [0.1, 0.15) is 0 Å². The highest BCUT2D eigenvalue weighted by Crippen LogP contribution is 2.28. The van der Waals surface area contributed by atoms with Gasteiger partial charge in [0.2, 0.25) is 0 Å². The van der Waals surface area contributed by atoms with Crippen LogP contribution in [-0.2, 0) is 0 Å². The van der Waals surface area contributed by atoms with Crippen LogP contribution in [0.4, 0.5) is 0 Å². The number of hydrogen-bond acceptors (Lipinski definition) is 2. The Morgan fingerprint density at radius 2 is 1.83 bits per heavy atom. The van der Waals surface area contributed by atoms with Crippen LogP contribution in [0.1, 0.15) is 21.5 Å². The van der Waals surface area contributed by atoms with Gasteiger partial charge in [0.15, 0.2) is 5.78 Å². The second-order valence-electron chi connectivity index (χ2n) is 3.98. The lowest BCUT2D eigenvalue weighted by molar-refractivity contribution is 0.103. The molecule has 0 amide bonds.